The van der Waals surface area contributed by atoms with Gasteiger partial charge < -0.3 is 5.32 Å². The molecule has 0 spiro atoms. The van der Waals surface area contributed by atoms with Crippen molar-refractivity contribution in [3.05, 3.63) is 101 Å². The van der Waals surface area contributed by atoms with Crippen LogP contribution in [0.4, 0.5) is 10.5 Å². The number of hydrogen-bond donors (Lipinski definition) is 1. The molecule has 1 fully saturated rings. The second-order valence-corrected chi connectivity index (χ2v) is 10.6. The van der Waals surface area contributed by atoms with Crippen LogP contribution in [0.5, 0.6) is 0 Å². The number of ketones is 1. The second kappa shape index (κ2) is 8.35. The summed E-state index contributed by atoms with van der Waals surface area (Å²) in [6, 6.07) is 22.0. The van der Waals surface area contributed by atoms with Crippen molar-refractivity contribution in [1.29, 1.82) is 0 Å². The van der Waals surface area contributed by atoms with Crippen molar-refractivity contribution in [3.8, 4) is 0 Å². The summed E-state index contributed by atoms with van der Waals surface area (Å²) >= 11 is 0. The van der Waals surface area contributed by atoms with Crippen LogP contribution in [0.3, 0.4) is 0 Å². The van der Waals surface area contributed by atoms with Crippen LogP contribution in [0, 0.1) is 0 Å². The van der Waals surface area contributed by atoms with E-state index in [4.69, 9.17) is 0 Å². The number of nitrogens with zero attached hydrogens (tertiary/aromatic N) is 2. The zero-order valence-electron chi connectivity index (χ0n) is 19.0. The van der Waals surface area contributed by atoms with Crippen molar-refractivity contribution in [2.45, 2.75) is 12.0 Å². The van der Waals surface area contributed by atoms with Crippen molar-refractivity contribution < 1.29 is 22.8 Å². The Balaban J connectivity index is 1.46. The average Bonchev–Trinajstić information content (AvgIpc) is 3.40. The lowest BCUT2D eigenvalue weighted by molar-refractivity contribution is -0.129. The smallest absolute Gasteiger partial charge is 0.315 e. The number of imide groups is 1. The van der Waals surface area contributed by atoms with Gasteiger partial charge in [0.25, 0.3) is 5.91 Å². The Morgan fingerprint density at radius 1 is 0.943 bits per heavy atom. The molecule has 1 saturated heterocycles. The molecule has 8 nitrogen and oxygen atoms in total. The van der Waals surface area contributed by atoms with E-state index in [0.29, 0.717) is 35.3 Å². The van der Waals surface area contributed by atoms with E-state index >= 15 is 0 Å². The molecule has 0 aromatic heterocycles. The first-order chi connectivity index (χ1) is 16.7. The normalized spacial score (nSPS) is 16.8. The van der Waals surface area contributed by atoms with Crippen molar-refractivity contribution in [2.24, 2.45) is 0 Å². The molecular weight excluding hydrogens is 466 g/mol. The third kappa shape index (κ3) is 3.77. The second-order valence-electron chi connectivity index (χ2n) is 8.66. The number of rotatable bonds is 6. The number of urea groups is 1. The maximum absolute atomic E-state index is 13.8. The van der Waals surface area contributed by atoms with Gasteiger partial charge in [-0.25, -0.2) is 13.2 Å². The molecule has 2 heterocycles. The summed E-state index contributed by atoms with van der Waals surface area (Å²) < 4.78 is 25.3. The number of carbonyl (C=O) groups is 3. The molecule has 35 heavy (non-hydrogen) atoms. The lowest BCUT2D eigenvalue weighted by Gasteiger charge is -2.28. The molecule has 0 radical (unpaired) electrons. The highest BCUT2D eigenvalue weighted by Crippen LogP contribution is 2.36. The molecule has 3 aromatic rings. The minimum absolute atomic E-state index is 0.315. The first kappa shape index (κ1) is 22.8. The molecule has 2 aliphatic heterocycles. The molecule has 5 rings (SSSR count). The first-order valence-electron chi connectivity index (χ1n) is 11.1. The molecular formula is C26H23N3O5S. The average molecular weight is 490 g/mol. The maximum atomic E-state index is 13.8. The number of fused-ring (bicyclic) bond motifs is 1. The molecule has 9 heteroatoms. The summed E-state index contributed by atoms with van der Waals surface area (Å²) in [7, 11) is -3.41. The number of sulfonamides is 1. The Morgan fingerprint density at radius 2 is 1.54 bits per heavy atom. The van der Waals surface area contributed by atoms with Crippen molar-refractivity contribution in [1.82, 2.24) is 10.2 Å². The van der Waals surface area contributed by atoms with E-state index in [1.54, 1.807) is 60.7 Å². The van der Waals surface area contributed by atoms with Crippen LogP contribution >= 0.6 is 0 Å². The number of nitrogens with one attached hydrogen (secondary N) is 1. The lowest BCUT2D eigenvalue weighted by atomic mass is 9.82. The van der Waals surface area contributed by atoms with Crippen LogP contribution in [0.2, 0.25) is 0 Å². The third-order valence-corrected chi connectivity index (χ3v) is 7.66. The van der Waals surface area contributed by atoms with Crippen LogP contribution in [0.25, 0.3) is 0 Å². The molecule has 3 amide bonds. The van der Waals surface area contributed by atoms with Gasteiger partial charge in [0, 0.05) is 12.1 Å². The Labute approximate surface area is 203 Å². The van der Waals surface area contributed by atoms with E-state index in [1.807, 2.05) is 12.1 Å². The summed E-state index contributed by atoms with van der Waals surface area (Å²) in [6.45, 7) is -0.115. The molecule has 0 saturated carbocycles. The molecule has 178 valence electrons. The van der Waals surface area contributed by atoms with Crippen molar-refractivity contribution in [2.75, 3.05) is 23.7 Å². The molecule has 0 atom stereocenters. The third-order valence-electron chi connectivity index (χ3n) is 6.48. The number of hydrogen-bond acceptors (Lipinski definition) is 5. The fourth-order valence-electron chi connectivity index (χ4n) is 4.78. The molecule has 1 N–H and O–H groups in total. The Kier molecular flexibility index (Phi) is 5.44. The van der Waals surface area contributed by atoms with Crippen LogP contribution in [-0.2, 0) is 26.8 Å². The van der Waals surface area contributed by atoms with Gasteiger partial charge in [-0.3, -0.25) is 18.8 Å². The van der Waals surface area contributed by atoms with Gasteiger partial charge in [-0.05, 0) is 41.3 Å². The number of Topliss-reactive ketones (excluding diaryl/α,β-unsaturated/α-hetero) is 1. The quantitative estimate of drug-likeness (QED) is 0.424. The van der Waals surface area contributed by atoms with Crippen LogP contribution < -0.4 is 9.62 Å². The summed E-state index contributed by atoms with van der Waals surface area (Å²) in [5.74, 6) is -0.941. The summed E-state index contributed by atoms with van der Waals surface area (Å²) in [4.78, 5) is 40.9. The number of anilines is 1. The summed E-state index contributed by atoms with van der Waals surface area (Å²) in [6.07, 6.45) is 1.63. The van der Waals surface area contributed by atoms with Gasteiger partial charge in [-0.1, -0.05) is 60.7 Å². The largest absolute Gasteiger partial charge is 0.325 e. The molecule has 0 unspecified atom stereocenters. The van der Waals surface area contributed by atoms with E-state index < -0.39 is 39.8 Å². The van der Waals surface area contributed by atoms with E-state index in [0.717, 1.165) is 16.7 Å². The summed E-state index contributed by atoms with van der Waals surface area (Å²) in [5, 5.41) is 2.83. The fraction of sp³-hybridized carbons (Fsp3) is 0.192. The minimum atomic E-state index is -3.41. The standard InChI is InChI=1S/C26H23N3O5S/c1-35(33,34)29-15-14-18-16-19(12-13-22(18)29)23(30)17-28-24(31)26(27-25(28)32,20-8-4-2-5-9-20)21-10-6-3-7-11-21/h2-13,16H,14-15,17H2,1H3,(H,27,32). The summed E-state index contributed by atoms with van der Waals surface area (Å²) in [5.41, 5.74) is 1.35. The van der Waals surface area contributed by atoms with E-state index in [-0.39, 0.29) is 0 Å². The van der Waals surface area contributed by atoms with Crippen molar-refractivity contribution >= 4 is 33.4 Å². The van der Waals surface area contributed by atoms with Gasteiger partial charge in [0.15, 0.2) is 11.3 Å². The van der Waals surface area contributed by atoms with Gasteiger partial charge in [0.1, 0.15) is 0 Å². The number of carbonyl (C=O) groups excluding carboxylic acids is 3. The fourth-order valence-corrected chi connectivity index (χ4v) is 5.74. The van der Waals surface area contributed by atoms with Gasteiger partial charge in [-0.15, -0.1) is 0 Å². The Bertz CT molecular complexity index is 1400. The van der Waals surface area contributed by atoms with E-state index in [1.165, 1.54) is 10.4 Å². The molecule has 0 bridgehead atoms. The topological polar surface area (TPSA) is 104 Å². The van der Waals surface area contributed by atoms with Gasteiger partial charge in [0.2, 0.25) is 10.0 Å². The van der Waals surface area contributed by atoms with Gasteiger partial charge in [0.05, 0.1) is 18.5 Å². The zero-order valence-corrected chi connectivity index (χ0v) is 19.8. The van der Waals surface area contributed by atoms with E-state index in [2.05, 4.69) is 5.32 Å². The van der Waals surface area contributed by atoms with Gasteiger partial charge in [-0.2, -0.15) is 0 Å². The van der Waals surface area contributed by atoms with Crippen LogP contribution in [-0.4, -0.2) is 50.4 Å². The van der Waals surface area contributed by atoms with Crippen molar-refractivity contribution in [3.63, 3.8) is 0 Å². The van der Waals surface area contributed by atoms with E-state index in [9.17, 15) is 22.8 Å². The molecule has 2 aliphatic rings. The van der Waals surface area contributed by atoms with Crippen LogP contribution in [0.15, 0.2) is 78.9 Å². The Morgan fingerprint density at radius 3 is 2.11 bits per heavy atom. The lowest BCUT2D eigenvalue weighted by Crippen LogP contribution is -2.45. The first-order valence-corrected chi connectivity index (χ1v) is 13.0. The highest BCUT2D eigenvalue weighted by molar-refractivity contribution is 7.92. The number of amides is 3. The predicted molar refractivity (Wildman–Crippen MR) is 131 cm³/mol. The zero-order chi connectivity index (χ0) is 24.8. The molecule has 0 aliphatic carbocycles. The highest BCUT2D eigenvalue weighted by Gasteiger charge is 2.54. The number of benzene rings is 3. The Hall–Kier alpha value is -3.98. The van der Waals surface area contributed by atoms with Gasteiger partial charge >= 0.3 is 6.03 Å². The highest BCUT2D eigenvalue weighted by atomic mass is 32.2. The molecule has 3 aromatic carbocycles. The SMILES string of the molecule is CS(=O)(=O)N1CCc2cc(C(=O)CN3C(=O)NC(c4ccccc4)(c4ccccc4)C3=O)ccc21. The predicted octanol–water partition coefficient (Wildman–Crippen LogP) is 2.69. The van der Waals surface area contributed by atoms with Crippen LogP contribution in [0.1, 0.15) is 27.0 Å². The maximum Gasteiger partial charge on any atom is 0.325 e. The monoisotopic (exact) mass is 489 g/mol. The minimum Gasteiger partial charge on any atom is -0.315 e.